The van der Waals surface area contributed by atoms with Crippen LogP contribution in [0.15, 0.2) is 11.7 Å². The summed E-state index contributed by atoms with van der Waals surface area (Å²) in [6.45, 7) is 5.08. The van der Waals surface area contributed by atoms with Crippen LogP contribution < -0.4 is 5.32 Å². The van der Waals surface area contributed by atoms with Gasteiger partial charge in [-0.2, -0.15) is 0 Å². The van der Waals surface area contributed by atoms with Gasteiger partial charge in [0.2, 0.25) is 0 Å². The lowest BCUT2D eigenvalue weighted by molar-refractivity contribution is 0.191. The summed E-state index contributed by atoms with van der Waals surface area (Å²) in [5.74, 6) is 0. The average molecular weight is 255 g/mol. The molecule has 17 heavy (non-hydrogen) atoms. The zero-order valence-corrected chi connectivity index (χ0v) is 11.2. The van der Waals surface area contributed by atoms with Crippen LogP contribution in [0.25, 0.3) is 0 Å². The Morgan fingerprint density at radius 1 is 1.65 bits per heavy atom. The van der Waals surface area contributed by atoms with Crippen LogP contribution in [0.5, 0.6) is 0 Å². The topological polar surface area (TPSA) is 37.4 Å². The third kappa shape index (κ3) is 4.03. The van der Waals surface area contributed by atoms with Crippen LogP contribution in [0, 0.1) is 0 Å². The standard InChI is InChI=1S/C12H21N3OS/c1-16-6-4-13-7-11-3-2-5-15(11)9-12-8-14-10-17-12/h8,10-11,13H,2-7,9H2,1H3. The highest BCUT2D eigenvalue weighted by atomic mass is 32.1. The van der Waals surface area contributed by atoms with Crippen LogP contribution in [-0.2, 0) is 11.3 Å². The lowest BCUT2D eigenvalue weighted by atomic mass is 10.2. The van der Waals surface area contributed by atoms with Gasteiger partial charge in [-0.15, -0.1) is 11.3 Å². The van der Waals surface area contributed by atoms with E-state index in [-0.39, 0.29) is 0 Å². The minimum atomic E-state index is 0.675. The number of rotatable bonds is 7. The molecule has 1 aliphatic heterocycles. The smallest absolute Gasteiger partial charge is 0.0794 e. The highest BCUT2D eigenvalue weighted by molar-refractivity contribution is 7.09. The first-order valence-electron chi connectivity index (χ1n) is 6.21. The number of hydrogen-bond donors (Lipinski definition) is 1. The maximum absolute atomic E-state index is 5.04. The number of likely N-dealkylation sites (tertiary alicyclic amines) is 1. The summed E-state index contributed by atoms with van der Waals surface area (Å²) in [4.78, 5) is 8.07. The van der Waals surface area contributed by atoms with E-state index in [2.05, 4.69) is 15.2 Å². The van der Waals surface area contributed by atoms with Crippen molar-refractivity contribution in [2.24, 2.45) is 0 Å². The molecule has 0 aromatic carbocycles. The molecule has 1 unspecified atom stereocenters. The van der Waals surface area contributed by atoms with Crippen molar-refractivity contribution >= 4 is 11.3 Å². The first kappa shape index (κ1) is 13.0. The Kier molecular flexibility index (Phi) is 5.38. The number of ether oxygens (including phenoxy) is 1. The Bertz CT molecular complexity index is 305. The zero-order valence-electron chi connectivity index (χ0n) is 10.4. The minimum Gasteiger partial charge on any atom is -0.383 e. The summed E-state index contributed by atoms with van der Waals surface area (Å²) in [6, 6.07) is 0.675. The van der Waals surface area contributed by atoms with Gasteiger partial charge in [0.25, 0.3) is 0 Å². The van der Waals surface area contributed by atoms with Gasteiger partial charge in [-0.3, -0.25) is 9.88 Å². The Balaban J connectivity index is 1.73. The summed E-state index contributed by atoms with van der Waals surface area (Å²) in [7, 11) is 1.74. The van der Waals surface area contributed by atoms with E-state index >= 15 is 0 Å². The van der Waals surface area contributed by atoms with Crippen molar-refractivity contribution in [2.75, 3.05) is 33.4 Å². The number of thiazole rings is 1. The number of nitrogens with zero attached hydrogens (tertiary/aromatic N) is 2. The van der Waals surface area contributed by atoms with Crippen molar-refractivity contribution in [3.05, 3.63) is 16.6 Å². The van der Waals surface area contributed by atoms with Crippen molar-refractivity contribution in [1.29, 1.82) is 0 Å². The highest BCUT2D eigenvalue weighted by Gasteiger charge is 2.24. The zero-order chi connectivity index (χ0) is 11.9. The molecular formula is C12H21N3OS. The molecule has 1 aliphatic rings. The van der Waals surface area contributed by atoms with Crippen LogP contribution >= 0.6 is 11.3 Å². The van der Waals surface area contributed by atoms with Crippen LogP contribution in [0.3, 0.4) is 0 Å². The molecule has 0 saturated carbocycles. The maximum atomic E-state index is 5.04. The van der Waals surface area contributed by atoms with E-state index in [0.29, 0.717) is 6.04 Å². The van der Waals surface area contributed by atoms with Gasteiger partial charge in [-0.05, 0) is 19.4 Å². The van der Waals surface area contributed by atoms with Crippen LogP contribution in [0.4, 0.5) is 0 Å². The summed E-state index contributed by atoms with van der Waals surface area (Å²) >= 11 is 1.75. The quantitative estimate of drug-likeness (QED) is 0.746. The molecule has 0 aliphatic carbocycles. The predicted octanol–water partition coefficient (Wildman–Crippen LogP) is 1.34. The van der Waals surface area contributed by atoms with Gasteiger partial charge in [0.1, 0.15) is 0 Å². The van der Waals surface area contributed by atoms with E-state index in [1.807, 2.05) is 11.7 Å². The van der Waals surface area contributed by atoms with Crippen LogP contribution in [0.1, 0.15) is 17.7 Å². The second-order valence-corrected chi connectivity index (χ2v) is 5.40. The molecule has 1 aromatic heterocycles. The molecule has 1 fully saturated rings. The van der Waals surface area contributed by atoms with E-state index < -0.39 is 0 Å². The molecule has 1 saturated heterocycles. The van der Waals surface area contributed by atoms with Gasteiger partial charge in [0.15, 0.2) is 0 Å². The molecule has 4 nitrogen and oxygen atoms in total. The number of nitrogens with one attached hydrogen (secondary N) is 1. The van der Waals surface area contributed by atoms with Gasteiger partial charge < -0.3 is 10.1 Å². The summed E-state index contributed by atoms with van der Waals surface area (Å²) in [6.07, 6.45) is 4.60. The van der Waals surface area contributed by atoms with Crippen LogP contribution in [-0.4, -0.2) is 49.3 Å². The first-order valence-corrected chi connectivity index (χ1v) is 7.09. The highest BCUT2D eigenvalue weighted by Crippen LogP contribution is 2.20. The van der Waals surface area contributed by atoms with Crippen molar-refractivity contribution in [1.82, 2.24) is 15.2 Å². The fourth-order valence-corrected chi connectivity index (χ4v) is 2.92. The van der Waals surface area contributed by atoms with Gasteiger partial charge in [-0.25, -0.2) is 0 Å². The number of aromatic nitrogens is 1. The van der Waals surface area contributed by atoms with Crippen molar-refractivity contribution in [2.45, 2.75) is 25.4 Å². The molecule has 2 rings (SSSR count). The van der Waals surface area contributed by atoms with Gasteiger partial charge in [0, 0.05) is 43.9 Å². The second kappa shape index (κ2) is 7.06. The normalized spacial score (nSPS) is 21.1. The first-order chi connectivity index (χ1) is 8.40. The second-order valence-electron chi connectivity index (χ2n) is 4.43. The molecule has 0 spiro atoms. The predicted molar refractivity (Wildman–Crippen MR) is 70.3 cm³/mol. The Morgan fingerprint density at radius 2 is 2.59 bits per heavy atom. The lowest BCUT2D eigenvalue weighted by Gasteiger charge is -2.24. The van der Waals surface area contributed by atoms with Gasteiger partial charge >= 0.3 is 0 Å². The summed E-state index contributed by atoms with van der Waals surface area (Å²) in [5, 5.41) is 3.46. The van der Waals surface area contributed by atoms with E-state index in [0.717, 1.165) is 26.2 Å². The van der Waals surface area contributed by atoms with Crippen LogP contribution in [0.2, 0.25) is 0 Å². The molecule has 0 amide bonds. The van der Waals surface area contributed by atoms with E-state index in [4.69, 9.17) is 4.74 Å². The molecule has 1 atom stereocenters. The van der Waals surface area contributed by atoms with Gasteiger partial charge in [-0.1, -0.05) is 0 Å². The fraction of sp³-hybridized carbons (Fsp3) is 0.750. The molecule has 0 bridgehead atoms. The average Bonchev–Trinajstić information content (AvgIpc) is 2.97. The third-order valence-electron chi connectivity index (χ3n) is 3.20. The third-order valence-corrected chi connectivity index (χ3v) is 3.97. The van der Waals surface area contributed by atoms with E-state index in [1.54, 1.807) is 18.4 Å². The number of hydrogen-bond acceptors (Lipinski definition) is 5. The molecule has 5 heteroatoms. The summed E-state index contributed by atoms with van der Waals surface area (Å²) in [5.41, 5.74) is 1.91. The monoisotopic (exact) mass is 255 g/mol. The minimum absolute atomic E-state index is 0.675. The SMILES string of the molecule is COCCNCC1CCCN1Cc1cncs1. The van der Waals surface area contributed by atoms with Crippen molar-refractivity contribution < 1.29 is 4.74 Å². The summed E-state index contributed by atoms with van der Waals surface area (Å²) < 4.78 is 5.04. The molecular weight excluding hydrogens is 234 g/mol. The Labute approximate surface area is 107 Å². The molecule has 0 radical (unpaired) electrons. The molecule has 1 aromatic rings. The van der Waals surface area contributed by atoms with Crippen molar-refractivity contribution in [3.8, 4) is 0 Å². The van der Waals surface area contributed by atoms with E-state index in [1.165, 1.54) is 24.3 Å². The largest absolute Gasteiger partial charge is 0.383 e. The lowest BCUT2D eigenvalue weighted by Crippen LogP contribution is -2.38. The fourth-order valence-electron chi connectivity index (χ4n) is 2.30. The Hall–Kier alpha value is -0.490. The van der Waals surface area contributed by atoms with Gasteiger partial charge in [0.05, 0.1) is 12.1 Å². The molecule has 1 N–H and O–H groups in total. The molecule has 2 heterocycles. The van der Waals surface area contributed by atoms with Crippen molar-refractivity contribution in [3.63, 3.8) is 0 Å². The maximum Gasteiger partial charge on any atom is 0.0794 e. The Morgan fingerprint density at radius 3 is 3.35 bits per heavy atom. The van der Waals surface area contributed by atoms with E-state index in [9.17, 15) is 0 Å². The number of methoxy groups -OCH3 is 1. The molecule has 96 valence electrons.